The number of carbonyl (C=O) groups is 2. The maximum absolute atomic E-state index is 12.2. The highest BCUT2D eigenvalue weighted by Crippen LogP contribution is 2.19. The van der Waals surface area contributed by atoms with Gasteiger partial charge in [-0.15, -0.1) is 11.8 Å². The van der Waals surface area contributed by atoms with Crippen LogP contribution in [0.3, 0.4) is 0 Å². The Kier molecular flexibility index (Phi) is 6.63. The summed E-state index contributed by atoms with van der Waals surface area (Å²) in [6.45, 7) is 1.65. The van der Waals surface area contributed by atoms with Crippen molar-refractivity contribution in [1.82, 2.24) is 5.32 Å². The summed E-state index contributed by atoms with van der Waals surface area (Å²) in [6.07, 6.45) is 5.11. The molecule has 0 saturated carbocycles. The van der Waals surface area contributed by atoms with Gasteiger partial charge in [0.1, 0.15) is 6.04 Å². The second kappa shape index (κ2) is 8.93. The summed E-state index contributed by atoms with van der Waals surface area (Å²) in [5, 5.41) is 5.46. The van der Waals surface area contributed by atoms with Crippen LogP contribution in [0.4, 0.5) is 5.69 Å². The van der Waals surface area contributed by atoms with E-state index in [-0.39, 0.29) is 11.8 Å². The zero-order chi connectivity index (χ0) is 17.4. The van der Waals surface area contributed by atoms with Gasteiger partial charge in [0.2, 0.25) is 11.8 Å². The molecule has 2 amide bonds. The molecule has 124 valence electrons. The summed E-state index contributed by atoms with van der Waals surface area (Å²) in [7, 11) is 0. The van der Waals surface area contributed by atoms with Gasteiger partial charge in [0.05, 0.1) is 0 Å². The van der Waals surface area contributed by atoms with Gasteiger partial charge in [-0.2, -0.15) is 0 Å². The van der Waals surface area contributed by atoms with E-state index < -0.39 is 6.04 Å². The summed E-state index contributed by atoms with van der Waals surface area (Å²) < 4.78 is 0. The van der Waals surface area contributed by atoms with Crippen LogP contribution in [0.5, 0.6) is 0 Å². The summed E-state index contributed by atoms with van der Waals surface area (Å²) in [6, 6.07) is 16.5. The van der Waals surface area contributed by atoms with Crippen molar-refractivity contribution in [2.45, 2.75) is 17.9 Å². The molecule has 2 aromatic rings. The molecule has 1 unspecified atom stereocenters. The fourth-order valence-electron chi connectivity index (χ4n) is 2.01. The van der Waals surface area contributed by atoms with Crippen LogP contribution in [-0.2, 0) is 9.59 Å². The Hall–Kier alpha value is -2.53. The van der Waals surface area contributed by atoms with Crippen LogP contribution in [0.2, 0.25) is 0 Å². The van der Waals surface area contributed by atoms with E-state index in [1.54, 1.807) is 24.8 Å². The van der Waals surface area contributed by atoms with E-state index >= 15 is 0 Å². The number of hydrogen-bond donors (Lipinski definition) is 2. The molecule has 0 bridgehead atoms. The van der Waals surface area contributed by atoms with E-state index in [1.807, 2.05) is 60.9 Å². The summed E-state index contributed by atoms with van der Waals surface area (Å²) >= 11 is 1.60. The number of benzene rings is 2. The first-order chi connectivity index (χ1) is 11.6. The quantitative estimate of drug-likeness (QED) is 0.624. The Morgan fingerprint density at radius 2 is 1.83 bits per heavy atom. The number of hydrogen-bond acceptors (Lipinski definition) is 3. The third-order valence-electron chi connectivity index (χ3n) is 3.32. The highest BCUT2D eigenvalue weighted by Gasteiger charge is 2.14. The average molecular weight is 340 g/mol. The van der Waals surface area contributed by atoms with Gasteiger partial charge in [-0.25, -0.2) is 0 Å². The van der Waals surface area contributed by atoms with E-state index in [0.717, 1.165) is 10.5 Å². The highest BCUT2D eigenvalue weighted by molar-refractivity contribution is 7.98. The van der Waals surface area contributed by atoms with Crippen molar-refractivity contribution >= 4 is 35.3 Å². The van der Waals surface area contributed by atoms with Crippen LogP contribution in [0.1, 0.15) is 12.5 Å². The smallest absolute Gasteiger partial charge is 0.246 e. The lowest BCUT2D eigenvalue weighted by Crippen LogP contribution is -2.40. The lowest BCUT2D eigenvalue weighted by atomic mass is 10.2. The molecule has 2 rings (SSSR count). The van der Waals surface area contributed by atoms with E-state index in [4.69, 9.17) is 0 Å². The predicted molar refractivity (Wildman–Crippen MR) is 99.9 cm³/mol. The number of nitrogens with one attached hydrogen (secondary N) is 2. The molecule has 0 fully saturated rings. The van der Waals surface area contributed by atoms with Crippen LogP contribution >= 0.6 is 11.8 Å². The number of thioether (sulfide) groups is 1. The molecule has 24 heavy (non-hydrogen) atoms. The molecule has 4 nitrogen and oxygen atoms in total. The summed E-state index contributed by atoms with van der Waals surface area (Å²) in [5.41, 5.74) is 1.64. The van der Waals surface area contributed by atoms with E-state index in [9.17, 15) is 9.59 Å². The lowest BCUT2D eigenvalue weighted by molar-refractivity contribution is -0.123. The molecule has 0 saturated heterocycles. The minimum atomic E-state index is -0.629. The molecular weight excluding hydrogens is 320 g/mol. The fourth-order valence-corrected chi connectivity index (χ4v) is 2.47. The number of anilines is 1. The second-order valence-electron chi connectivity index (χ2n) is 5.20. The van der Waals surface area contributed by atoms with Crippen LogP contribution in [-0.4, -0.2) is 24.1 Å². The number of rotatable bonds is 6. The van der Waals surface area contributed by atoms with Gasteiger partial charge in [0.15, 0.2) is 0 Å². The Balaban J connectivity index is 1.88. The van der Waals surface area contributed by atoms with E-state index in [1.165, 1.54) is 6.08 Å². The Morgan fingerprint density at radius 1 is 1.08 bits per heavy atom. The van der Waals surface area contributed by atoms with Crippen molar-refractivity contribution in [2.75, 3.05) is 11.6 Å². The van der Waals surface area contributed by atoms with Crippen LogP contribution in [0.25, 0.3) is 6.08 Å². The monoisotopic (exact) mass is 340 g/mol. The first-order valence-electron chi connectivity index (χ1n) is 7.57. The van der Waals surface area contributed by atoms with Gasteiger partial charge >= 0.3 is 0 Å². The normalized spacial score (nSPS) is 11.9. The molecule has 0 aliphatic rings. The van der Waals surface area contributed by atoms with Crippen molar-refractivity contribution in [3.05, 3.63) is 66.2 Å². The number of carbonyl (C=O) groups excluding carboxylic acids is 2. The van der Waals surface area contributed by atoms with Gasteiger partial charge in [0.25, 0.3) is 0 Å². The van der Waals surface area contributed by atoms with Crippen molar-refractivity contribution in [2.24, 2.45) is 0 Å². The molecule has 2 aromatic carbocycles. The minimum absolute atomic E-state index is 0.255. The second-order valence-corrected chi connectivity index (χ2v) is 6.08. The SMILES string of the molecule is CSc1cccc(NC(=O)C(C)NC(=O)/C=C/c2ccccc2)c1. The lowest BCUT2D eigenvalue weighted by Gasteiger charge is -2.13. The molecule has 5 heteroatoms. The van der Waals surface area contributed by atoms with Gasteiger partial charge in [-0.3, -0.25) is 9.59 Å². The first-order valence-corrected chi connectivity index (χ1v) is 8.79. The highest BCUT2D eigenvalue weighted by atomic mass is 32.2. The first kappa shape index (κ1) is 17.8. The molecule has 0 radical (unpaired) electrons. The largest absolute Gasteiger partial charge is 0.341 e. The van der Waals surface area contributed by atoms with E-state index in [0.29, 0.717) is 5.69 Å². The maximum Gasteiger partial charge on any atom is 0.246 e. The van der Waals surface area contributed by atoms with Crippen LogP contribution < -0.4 is 10.6 Å². The molecule has 0 spiro atoms. The maximum atomic E-state index is 12.2. The standard InChI is InChI=1S/C19H20N2O2S/c1-14(19(23)21-16-9-6-10-17(13-16)24-2)20-18(22)12-11-15-7-4-3-5-8-15/h3-14H,1-2H3,(H,20,22)(H,21,23)/b12-11+. The molecule has 0 aromatic heterocycles. The molecule has 0 aliphatic carbocycles. The fraction of sp³-hybridized carbons (Fsp3) is 0.158. The molecule has 0 aliphatic heterocycles. The zero-order valence-corrected chi connectivity index (χ0v) is 14.5. The minimum Gasteiger partial charge on any atom is -0.341 e. The third-order valence-corrected chi connectivity index (χ3v) is 4.04. The summed E-state index contributed by atoms with van der Waals surface area (Å²) in [5.74, 6) is -0.561. The van der Waals surface area contributed by atoms with Crippen molar-refractivity contribution < 1.29 is 9.59 Å². The zero-order valence-electron chi connectivity index (χ0n) is 13.7. The molecular formula is C19H20N2O2S. The Morgan fingerprint density at radius 3 is 2.54 bits per heavy atom. The topological polar surface area (TPSA) is 58.2 Å². The van der Waals surface area contributed by atoms with Gasteiger partial charge in [-0.05, 0) is 43.0 Å². The molecule has 0 heterocycles. The van der Waals surface area contributed by atoms with Crippen molar-refractivity contribution in [1.29, 1.82) is 0 Å². The van der Waals surface area contributed by atoms with Crippen molar-refractivity contribution in [3.63, 3.8) is 0 Å². The molecule has 1 atom stereocenters. The average Bonchev–Trinajstić information content (AvgIpc) is 2.61. The Bertz CT molecular complexity index is 729. The van der Waals surface area contributed by atoms with Crippen molar-refractivity contribution in [3.8, 4) is 0 Å². The van der Waals surface area contributed by atoms with Gasteiger partial charge in [-0.1, -0.05) is 36.4 Å². The van der Waals surface area contributed by atoms with Crippen LogP contribution in [0.15, 0.2) is 65.6 Å². The molecule has 2 N–H and O–H groups in total. The summed E-state index contributed by atoms with van der Waals surface area (Å²) in [4.78, 5) is 25.1. The van der Waals surface area contributed by atoms with Gasteiger partial charge < -0.3 is 10.6 Å². The Labute approximate surface area is 146 Å². The third kappa shape index (κ3) is 5.59. The van der Waals surface area contributed by atoms with Crippen LogP contribution in [0, 0.1) is 0 Å². The van der Waals surface area contributed by atoms with E-state index in [2.05, 4.69) is 10.6 Å². The van der Waals surface area contributed by atoms with Gasteiger partial charge in [0, 0.05) is 16.7 Å². The number of amides is 2. The predicted octanol–water partition coefficient (Wildman–Crippen LogP) is 3.57.